The van der Waals surface area contributed by atoms with E-state index in [1.807, 2.05) is 0 Å². The van der Waals surface area contributed by atoms with Gasteiger partial charge in [-0.15, -0.1) is 13.2 Å². The van der Waals surface area contributed by atoms with Crippen molar-refractivity contribution in [1.29, 1.82) is 0 Å². The lowest BCUT2D eigenvalue weighted by Crippen LogP contribution is -2.28. The van der Waals surface area contributed by atoms with Gasteiger partial charge in [0, 0.05) is 18.7 Å². The Morgan fingerprint density at radius 3 is 2.44 bits per heavy atom. The van der Waals surface area contributed by atoms with Gasteiger partial charge in [0.25, 0.3) is 0 Å². The number of hydrogen-bond donors (Lipinski definition) is 2. The predicted octanol–water partition coefficient (Wildman–Crippen LogP) is 4.74. The van der Waals surface area contributed by atoms with E-state index in [-0.39, 0.29) is 17.4 Å². The minimum absolute atomic E-state index is 0.188. The van der Waals surface area contributed by atoms with Crippen LogP contribution < -0.4 is 24.8 Å². The van der Waals surface area contributed by atoms with E-state index >= 15 is 0 Å². The molecule has 2 rings (SSSR count). The fraction of sp³-hybridized carbons (Fsp3) is 0.235. The van der Waals surface area contributed by atoms with Gasteiger partial charge in [0.2, 0.25) is 0 Å². The topological polar surface area (TPSA) is 51.8 Å². The van der Waals surface area contributed by atoms with Gasteiger partial charge >= 0.3 is 6.36 Å². The SMILES string of the molecule is COc1cc(NC(=S)NCc2cccc(OC(F)(F)F)c2)c(OC)cc1Cl. The molecule has 5 nitrogen and oxygen atoms in total. The van der Waals surface area contributed by atoms with E-state index in [1.54, 1.807) is 18.2 Å². The fourth-order valence-corrected chi connectivity index (χ4v) is 2.57. The van der Waals surface area contributed by atoms with Gasteiger partial charge in [-0.05, 0) is 29.9 Å². The van der Waals surface area contributed by atoms with Crippen molar-refractivity contribution in [1.82, 2.24) is 5.32 Å². The first-order valence-electron chi connectivity index (χ1n) is 7.53. The average molecular weight is 421 g/mol. The van der Waals surface area contributed by atoms with Gasteiger partial charge in [-0.25, -0.2) is 0 Å². The third-order valence-corrected chi connectivity index (χ3v) is 3.85. The third kappa shape index (κ3) is 6.37. The van der Waals surface area contributed by atoms with Gasteiger partial charge < -0.3 is 24.8 Å². The van der Waals surface area contributed by atoms with E-state index in [0.717, 1.165) is 0 Å². The number of hydrogen-bond acceptors (Lipinski definition) is 4. The number of thiocarbonyl (C=S) groups is 1. The number of rotatable bonds is 6. The summed E-state index contributed by atoms with van der Waals surface area (Å²) in [4.78, 5) is 0. The van der Waals surface area contributed by atoms with Crippen LogP contribution >= 0.6 is 23.8 Å². The minimum Gasteiger partial charge on any atom is -0.495 e. The first kappa shape index (κ1) is 20.9. The van der Waals surface area contributed by atoms with E-state index in [1.165, 1.54) is 32.4 Å². The van der Waals surface area contributed by atoms with Crippen molar-refractivity contribution in [2.45, 2.75) is 12.9 Å². The van der Waals surface area contributed by atoms with Crippen molar-refractivity contribution >= 4 is 34.6 Å². The molecular weight excluding hydrogens is 405 g/mol. The van der Waals surface area contributed by atoms with Crippen molar-refractivity contribution < 1.29 is 27.4 Å². The lowest BCUT2D eigenvalue weighted by Gasteiger charge is -2.16. The standard InChI is InChI=1S/C17H16ClF3N2O3S/c1-24-14-8-13(15(25-2)7-12(14)18)23-16(27)22-9-10-4-3-5-11(6-10)26-17(19,20)21/h3-8H,9H2,1-2H3,(H2,22,23,27). The van der Waals surface area contributed by atoms with Gasteiger partial charge in [0.05, 0.1) is 24.9 Å². The summed E-state index contributed by atoms with van der Waals surface area (Å²) in [6.07, 6.45) is -4.74. The van der Waals surface area contributed by atoms with Crippen LogP contribution in [0.4, 0.5) is 18.9 Å². The van der Waals surface area contributed by atoms with Crippen molar-refractivity contribution in [3.8, 4) is 17.2 Å². The monoisotopic (exact) mass is 420 g/mol. The first-order valence-corrected chi connectivity index (χ1v) is 8.31. The van der Waals surface area contributed by atoms with Crippen molar-refractivity contribution in [3.63, 3.8) is 0 Å². The molecule has 0 aromatic heterocycles. The Balaban J connectivity index is 2.02. The van der Waals surface area contributed by atoms with Crippen LogP contribution in [0.25, 0.3) is 0 Å². The summed E-state index contributed by atoms with van der Waals surface area (Å²) in [5.74, 6) is 0.579. The summed E-state index contributed by atoms with van der Waals surface area (Å²) in [5.41, 5.74) is 1.08. The molecule has 0 saturated heterocycles. The van der Waals surface area contributed by atoms with Gasteiger partial charge in [0.15, 0.2) is 5.11 Å². The van der Waals surface area contributed by atoms with Crippen LogP contribution in [0.3, 0.4) is 0 Å². The molecule has 146 valence electrons. The minimum atomic E-state index is -4.74. The van der Waals surface area contributed by atoms with Crippen LogP contribution in [0.2, 0.25) is 5.02 Å². The Bertz CT molecular complexity index is 818. The second-order valence-electron chi connectivity index (χ2n) is 5.19. The molecule has 0 heterocycles. The van der Waals surface area contributed by atoms with Crippen LogP contribution in [-0.4, -0.2) is 25.7 Å². The Hall–Kier alpha value is -2.39. The molecule has 0 aliphatic carbocycles. The molecule has 10 heteroatoms. The maximum Gasteiger partial charge on any atom is 0.573 e. The number of benzene rings is 2. The molecule has 2 N–H and O–H groups in total. The van der Waals surface area contributed by atoms with Crippen LogP contribution in [0, 0.1) is 0 Å². The van der Waals surface area contributed by atoms with Gasteiger partial charge in [-0.1, -0.05) is 23.7 Å². The molecule has 0 unspecified atom stereocenters. The van der Waals surface area contributed by atoms with E-state index in [2.05, 4.69) is 15.4 Å². The van der Waals surface area contributed by atoms with Crippen LogP contribution in [0.5, 0.6) is 17.2 Å². The second kappa shape index (κ2) is 9.01. The Morgan fingerprint density at radius 2 is 1.81 bits per heavy atom. The molecule has 0 atom stereocenters. The smallest absolute Gasteiger partial charge is 0.495 e. The number of ether oxygens (including phenoxy) is 3. The molecule has 0 saturated carbocycles. The zero-order valence-corrected chi connectivity index (χ0v) is 15.9. The number of anilines is 1. The summed E-state index contributed by atoms with van der Waals surface area (Å²) >= 11 is 11.3. The average Bonchev–Trinajstić information content (AvgIpc) is 2.60. The summed E-state index contributed by atoms with van der Waals surface area (Å²) in [6, 6.07) is 8.79. The van der Waals surface area contributed by atoms with Crippen LogP contribution in [0.1, 0.15) is 5.56 Å². The summed E-state index contributed by atoms with van der Waals surface area (Å²) in [7, 11) is 2.95. The summed E-state index contributed by atoms with van der Waals surface area (Å²) in [6.45, 7) is 0.188. The van der Waals surface area contributed by atoms with Crippen molar-refractivity contribution in [3.05, 3.63) is 47.0 Å². The molecule has 0 fully saturated rings. The highest BCUT2D eigenvalue weighted by Crippen LogP contribution is 2.35. The highest BCUT2D eigenvalue weighted by Gasteiger charge is 2.31. The maximum absolute atomic E-state index is 12.3. The quantitative estimate of drug-likeness (QED) is 0.658. The summed E-state index contributed by atoms with van der Waals surface area (Å²) in [5, 5.41) is 6.44. The number of alkyl halides is 3. The van der Waals surface area contributed by atoms with Crippen molar-refractivity contribution in [2.24, 2.45) is 0 Å². The molecule has 2 aromatic carbocycles. The number of halogens is 4. The van der Waals surface area contributed by atoms with E-state index in [9.17, 15) is 13.2 Å². The lowest BCUT2D eigenvalue weighted by molar-refractivity contribution is -0.274. The molecule has 27 heavy (non-hydrogen) atoms. The normalized spacial score (nSPS) is 10.9. The van der Waals surface area contributed by atoms with E-state index in [4.69, 9.17) is 33.3 Å². The van der Waals surface area contributed by atoms with Gasteiger partial charge in [0.1, 0.15) is 17.2 Å². The largest absolute Gasteiger partial charge is 0.573 e. The Labute approximate surface area is 164 Å². The third-order valence-electron chi connectivity index (χ3n) is 3.31. The molecule has 2 aromatic rings. The highest BCUT2D eigenvalue weighted by atomic mass is 35.5. The first-order chi connectivity index (χ1) is 12.7. The summed E-state index contributed by atoms with van der Waals surface area (Å²) < 4.78 is 51.2. The van der Waals surface area contributed by atoms with Crippen LogP contribution in [0.15, 0.2) is 36.4 Å². The Kier molecular flexibility index (Phi) is 6.98. The lowest BCUT2D eigenvalue weighted by atomic mass is 10.2. The van der Waals surface area contributed by atoms with Crippen molar-refractivity contribution in [2.75, 3.05) is 19.5 Å². The molecule has 0 spiro atoms. The molecular formula is C17H16ClF3N2O3S. The zero-order chi connectivity index (χ0) is 20.0. The molecule has 0 radical (unpaired) electrons. The van der Waals surface area contributed by atoms with Gasteiger partial charge in [-0.3, -0.25) is 0 Å². The molecule has 0 aliphatic rings. The Morgan fingerprint density at radius 1 is 1.11 bits per heavy atom. The number of nitrogens with one attached hydrogen (secondary N) is 2. The van der Waals surface area contributed by atoms with E-state index < -0.39 is 6.36 Å². The molecule has 0 aliphatic heterocycles. The maximum atomic E-state index is 12.3. The number of methoxy groups -OCH3 is 2. The predicted molar refractivity (Wildman–Crippen MR) is 101 cm³/mol. The molecule has 0 amide bonds. The van der Waals surface area contributed by atoms with E-state index in [0.29, 0.717) is 27.8 Å². The van der Waals surface area contributed by atoms with Gasteiger partial charge in [-0.2, -0.15) is 0 Å². The second-order valence-corrected chi connectivity index (χ2v) is 6.01. The zero-order valence-electron chi connectivity index (χ0n) is 14.3. The fourth-order valence-electron chi connectivity index (χ4n) is 2.16. The molecule has 0 bridgehead atoms. The highest BCUT2D eigenvalue weighted by molar-refractivity contribution is 7.80. The van der Waals surface area contributed by atoms with Crippen LogP contribution in [-0.2, 0) is 6.54 Å².